The molecule has 3 rings (SSSR count). The van der Waals surface area contributed by atoms with E-state index in [2.05, 4.69) is 35.9 Å². The summed E-state index contributed by atoms with van der Waals surface area (Å²) in [7, 11) is 0. The monoisotopic (exact) mass is 246 g/mol. The van der Waals surface area contributed by atoms with Crippen LogP contribution in [0.4, 0.5) is 0 Å². The van der Waals surface area contributed by atoms with Gasteiger partial charge in [-0.3, -0.25) is 0 Å². The van der Waals surface area contributed by atoms with Crippen LogP contribution in [0, 0.1) is 13.8 Å². The lowest BCUT2D eigenvalue weighted by atomic mass is 9.74. The lowest BCUT2D eigenvalue weighted by Crippen LogP contribution is -2.52. The van der Waals surface area contributed by atoms with E-state index in [0.717, 1.165) is 6.04 Å². The Labute approximate surface area is 111 Å². The molecule has 0 aromatic carbocycles. The minimum Gasteiger partial charge on any atom is -0.346 e. The number of aromatic nitrogens is 1. The molecule has 1 aromatic heterocycles. The molecule has 0 bridgehead atoms. The van der Waals surface area contributed by atoms with Crippen molar-refractivity contribution < 1.29 is 0 Å². The molecule has 1 atom stereocenters. The molecule has 1 saturated carbocycles. The maximum atomic E-state index is 3.85. The highest BCUT2D eigenvalue weighted by Gasteiger charge is 2.37. The molecular weight excluding hydrogens is 220 g/mol. The van der Waals surface area contributed by atoms with Gasteiger partial charge in [-0.15, -0.1) is 0 Å². The molecule has 1 saturated heterocycles. The van der Waals surface area contributed by atoms with E-state index in [1.165, 1.54) is 62.9 Å². The first-order chi connectivity index (χ1) is 8.70. The van der Waals surface area contributed by atoms with E-state index in [1.54, 1.807) is 0 Å². The summed E-state index contributed by atoms with van der Waals surface area (Å²) in [5, 5.41) is 3.85. The van der Waals surface area contributed by atoms with Gasteiger partial charge in [0, 0.05) is 23.0 Å². The molecule has 1 unspecified atom stereocenters. The standard InChI is InChI=1S/C16H26N2/c1-13-6-7-14(2)18(13)15-8-11-17-16(12-15)9-4-3-5-10-16/h6-7,15,17H,3-5,8-12H2,1-2H3. The van der Waals surface area contributed by atoms with Crippen LogP contribution >= 0.6 is 0 Å². The lowest BCUT2D eigenvalue weighted by Gasteiger charge is -2.45. The summed E-state index contributed by atoms with van der Waals surface area (Å²) >= 11 is 0. The Morgan fingerprint density at radius 2 is 1.78 bits per heavy atom. The molecule has 0 amide bonds. The molecule has 2 aliphatic rings. The number of hydrogen-bond acceptors (Lipinski definition) is 1. The fourth-order valence-electron chi connectivity index (χ4n) is 4.21. The second-order valence-corrected chi connectivity index (χ2v) is 6.40. The zero-order valence-electron chi connectivity index (χ0n) is 11.8. The molecule has 1 aliphatic heterocycles. The van der Waals surface area contributed by atoms with Gasteiger partial charge in [-0.25, -0.2) is 0 Å². The second-order valence-electron chi connectivity index (χ2n) is 6.40. The van der Waals surface area contributed by atoms with Crippen molar-refractivity contribution in [2.75, 3.05) is 6.54 Å². The lowest BCUT2D eigenvalue weighted by molar-refractivity contribution is 0.145. The van der Waals surface area contributed by atoms with Crippen molar-refractivity contribution in [2.45, 2.75) is 70.4 Å². The van der Waals surface area contributed by atoms with Gasteiger partial charge in [0.25, 0.3) is 0 Å². The Morgan fingerprint density at radius 1 is 1.11 bits per heavy atom. The van der Waals surface area contributed by atoms with Gasteiger partial charge >= 0.3 is 0 Å². The van der Waals surface area contributed by atoms with E-state index >= 15 is 0 Å². The van der Waals surface area contributed by atoms with Gasteiger partial charge in [0.2, 0.25) is 0 Å². The third-order valence-electron chi connectivity index (χ3n) is 5.11. The summed E-state index contributed by atoms with van der Waals surface area (Å²) < 4.78 is 2.58. The maximum absolute atomic E-state index is 3.85. The highest BCUT2D eigenvalue weighted by molar-refractivity contribution is 5.16. The fraction of sp³-hybridized carbons (Fsp3) is 0.750. The third-order valence-corrected chi connectivity index (χ3v) is 5.11. The predicted octanol–water partition coefficient (Wildman–Crippen LogP) is 3.73. The molecule has 1 aromatic rings. The molecule has 1 aliphatic carbocycles. The number of hydrogen-bond donors (Lipinski definition) is 1. The van der Waals surface area contributed by atoms with E-state index in [4.69, 9.17) is 0 Å². The van der Waals surface area contributed by atoms with Crippen molar-refractivity contribution in [3.05, 3.63) is 23.5 Å². The number of nitrogens with zero attached hydrogens (tertiary/aromatic N) is 1. The van der Waals surface area contributed by atoms with E-state index in [1.807, 2.05) is 0 Å². The molecule has 2 fully saturated rings. The van der Waals surface area contributed by atoms with Gasteiger partial charge in [0.1, 0.15) is 0 Å². The molecule has 2 heterocycles. The average molecular weight is 246 g/mol. The first-order valence-electron chi connectivity index (χ1n) is 7.60. The minimum absolute atomic E-state index is 0.463. The molecule has 2 heteroatoms. The predicted molar refractivity (Wildman–Crippen MR) is 76.0 cm³/mol. The Kier molecular flexibility index (Phi) is 3.23. The Hall–Kier alpha value is -0.760. The third kappa shape index (κ3) is 2.11. The van der Waals surface area contributed by atoms with Crippen LogP contribution in [0.5, 0.6) is 0 Å². The quantitative estimate of drug-likeness (QED) is 0.799. The van der Waals surface area contributed by atoms with E-state index in [9.17, 15) is 0 Å². The van der Waals surface area contributed by atoms with Crippen molar-refractivity contribution >= 4 is 0 Å². The first-order valence-corrected chi connectivity index (χ1v) is 7.60. The zero-order chi connectivity index (χ0) is 12.6. The van der Waals surface area contributed by atoms with Gasteiger partial charge in [-0.2, -0.15) is 0 Å². The molecule has 18 heavy (non-hydrogen) atoms. The van der Waals surface area contributed by atoms with Crippen LogP contribution in [0.15, 0.2) is 12.1 Å². The normalized spacial score (nSPS) is 27.6. The van der Waals surface area contributed by atoms with E-state index in [0.29, 0.717) is 5.54 Å². The van der Waals surface area contributed by atoms with Crippen molar-refractivity contribution in [2.24, 2.45) is 0 Å². The molecule has 1 N–H and O–H groups in total. The van der Waals surface area contributed by atoms with E-state index < -0.39 is 0 Å². The zero-order valence-corrected chi connectivity index (χ0v) is 11.8. The van der Waals surface area contributed by atoms with Crippen LogP contribution in [-0.2, 0) is 0 Å². The van der Waals surface area contributed by atoms with Gasteiger partial charge in [0.15, 0.2) is 0 Å². The van der Waals surface area contributed by atoms with Crippen LogP contribution in [0.3, 0.4) is 0 Å². The topological polar surface area (TPSA) is 17.0 Å². The fourth-order valence-corrected chi connectivity index (χ4v) is 4.21. The maximum Gasteiger partial charge on any atom is 0.0365 e. The SMILES string of the molecule is Cc1ccc(C)n1C1CCNC2(CCCCC2)C1. The van der Waals surface area contributed by atoms with Crippen molar-refractivity contribution in [1.82, 2.24) is 9.88 Å². The summed E-state index contributed by atoms with van der Waals surface area (Å²) in [6, 6.07) is 5.26. The smallest absolute Gasteiger partial charge is 0.0365 e. The van der Waals surface area contributed by atoms with Crippen molar-refractivity contribution in [1.29, 1.82) is 0 Å². The first kappa shape index (κ1) is 12.3. The summed E-state index contributed by atoms with van der Waals surface area (Å²) in [6.45, 7) is 5.70. The Balaban J connectivity index is 1.82. The molecular formula is C16H26N2. The molecule has 100 valence electrons. The van der Waals surface area contributed by atoms with Gasteiger partial charge < -0.3 is 9.88 Å². The van der Waals surface area contributed by atoms with Crippen molar-refractivity contribution in [3.8, 4) is 0 Å². The average Bonchev–Trinajstić information content (AvgIpc) is 2.70. The Bertz CT molecular complexity index is 388. The van der Waals surface area contributed by atoms with Crippen LogP contribution in [0.25, 0.3) is 0 Å². The molecule has 1 spiro atoms. The summed E-state index contributed by atoms with van der Waals surface area (Å²) in [5.41, 5.74) is 3.33. The van der Waals surface area contributed by atoms with Crippen LogP contribution < -0.4 is 5.32 Å². The molecule has 0 radical (unpaired) electrons. The van der Waals surface area contributed by atoms with Crippen molar-refractivity contribution in [3.63, 3.8) is 0 Å². The van der Waals surface area contributed by atoms with E-state index in [-0.39, 0.29) is 0 Å². The van der Waals surface area contributed by atoms with Gasteiger partial charge in [0.05, 0.1) is 0 Å². The molecule has 2 nitrogen and oxygen atoms in total. The second kappa shape index (κ2) is 4.73. The highest BCUT2D eigenvalue weighted by Crippen LogP contribution is 2.39. The number of nitrogens with one attached hydrogen (secondary N) is 1. The summed E-state index contributed by atoms with van der Waals surface area (Å²) in [5.74, 6) is 0. The highest BCUT2D eigenvalue weighted by atomic mass is 15.1. The number of aryl methyl sites for hydroxylation is 2. The number of rotatable bonds is 1. The number of piperidine rings is 1. The van der Waals surface area contributed by atoms with Crippen LogP contribution in [-0.4, -0.2) is 16.7 Å². The van der Waals surface area contributed by atoms with Crippen LogP contribution in [0.2, 0.25) is 0 Å². The van der Waals surface area contributed by atoms with Gasteiger partial charge in [-0.05, 0) is 58.2 Å². The van der Waals surface area contributed by atoms with Crippen LogP contribution in [0.1, 0.15) is 62.4 Å². The largest absolute Gasteiger partial charge is 0.346 e. The Morgan fingerprint density at radius 3 is 2.44 bits per heavy atom. The summed E-state index contributed by atoms with van der Waals surface area (Å²) in [6.07, 6.45) is 9.69. The minimum atomic E-state index is 0.463. The van der Waals surface area contributed by atoms with Gasteiger partial charge in [-0.1, -0.05) is 19.3 Å². The summed E-state index contributed by atoms with van der Waals surface area (Å²) in [4.78, 5) is 0.